The molecule has 4 rings (SSSR count). The summed E-state index contributed by atoms with van der Waals surface area (Å²) in [7, 11) is 0. The summed E-state index contributed by atoms with van der Waals surface area (Å²) < 4.78 is 15.9. The molecule has 144 valence electrons. The monoisotopic (exact) mass is 445 g/mol. The van der Waals surface area contributed by atoms with Crippen LogP contribution in [0.25, 0.3) is 16.6 Å². The first-order valence-corrected chi connectivity index (χ1v) is 9.67. The number of amides is 1. The standard InChI is InChI=1S/C20H17BrFN3O3/c21-16-9-13(22)1-2-17(16)25-11-15(14-3-6-23-10-18(14)25)19(26)12-4-7-24(8-5-12)20(27)28/h1-3,6,9-12H,4-5,7-8H2,(H,27,28). The number of aromatic nitrogens is 2. The van der Waals surface area contributed by atoms with Crippen molar-refractivity contribution in [1.82, 2.24) is 14.5 Å². The van der Waals surface area contributed by atoms with Gasteiger partial charge >= 0.3 is 6.09 Å². The maximum atomic E-state index is 13.5. The molecule has 0 bridgehead atoms. The minimum atomic E-state index is -0.949. The van der Waals surface area contributed by atoms with Crippen molar-refractivity contribution in [3.8, 4) is 5.69 Å². The van der Waals surface area contributed by atoms with E-state index in [-0.39, 0.29) is 17.5 Å². The molecule has 0 atom stereocenters. The first kappa shape index (κ1) is 18.6. The van der Waals surface area contributed by atoms with E-state index in [4.69, 9.17) is 5.11 Å². The molecule has 3 heterocycles. The van der Waals surface area contributed by atoms with Crippen LogP contribution in [0.5, 0.6) is 0 Å². The molecule has 0 radical (unpaired) electrons. The number of piperidine rings is 1. The van der Waals surface area contributed by atoms with E-state index in [9.17, 15) is 14.0 Å². The summed E-state index contributed by atoms with van der Waals surface area (Å²) in [5.41, 5.74) is 2.03. The van der Waals surface area contributed by atoms with Crippen LogP contribution >= 0.6 is 15.9 Å². The van der Waals surface area contributed by atoms with Crippen LogP contribution in [0.1, 0.15) is 23.2 Å². The number of carbonyl (C=O) groups excluding carboxylic acids is 1. The van der Waals surface area contributed by atoms with E-state index in [1.807, 2.05) is 4.57 Å². The van der Waals surface area contributed by atoms with Gasteiger partial charge in [0.15, 0.2) is 5.78 Å². The Morgan fingerprint density at radius 2 is 1.96 bits per heavy atom. The molecule has 1 aliphatic rings. The first-order valence-electron chi connectivity index (χ1n) is 8.88. The van der Waals surface area contributed by atoms with Gasteiger partial charge in [0.2, 0.25) is 0 Å². The molecule has 0 spiro atoms. The fraction of sp³-hybridized carbons (Fsp3) is 0.250. The highest BCUT2D eigenvalue weighted by molar-refractivity contribution is 9.10. The van der Waals surface area contributed by atoms with E-state index in [0.29, 0.717) is 41.7 Å². The summed E-state index contributed by atoms with van der Waals surface area (Å²) in [5.74, 6) is -0.579. The van der Waals surface area contributed by atoms with Gasteiger partial charge in [-0.2, -0.15) is 0 Å². The lowest BCUT2D eigenvalue weighted by molar-refractivity contribution is 0.0823. The Morgan fingerprint density at radius 3 is 2.64 bits per heavy atom. The predicted octanol–water partition coefficient (Wildman–Crippen LogP) is 4.50. The lowest BCUT2D eigenvalue weighted by Gasteiger charge is -2.29. The number of Topliss-reactive ketones (excluding diaryl/α,β-unsaturated/α-hetero) is 1. The number of carboxylic acid groups (broad SMARTS) is 1. The molecule has 1 fully saturated rings. The maximum Gasteiger partial charge on any atom is 0.407 e. The molecular weight excluding hydrogens is 429 g/mol. The number of ketones is 1. The van der Waals surface area contributed by atoms with E-state index in [1.165, 1.54) is 17.0 Å². The fourth-order valence-electron chi connectivity index (χ4n) is 3.70. The number of rotatable bonds is 3. The van der Waals surface area contributed by atoms with Crippen molar-refractivity contribution in [2.24, 2.45) is 5.92 Å². The van der Waals surface area contributed by atoms with Crippen LogP contribution in [0, 0.1) is 11.7 Å². The molecule has 2 aromatic heterocycles. The van der Waals surface area contributed by atoms with E-state index in [0.717, 1.165) is 10.9 Å². The Bertz CT molecular complexity index is 1070. The molecule has 0 unspecified atom stereocenters. The molecule has 0 aliphatic carbocycles. The first-order chi connectivity index (χ1) is 13.5. The zero-order valence-corrected chi connectivity index (χ0v) is 16.4. The topological polar surface area (TPSA) is 75.4 Å². The lowest BCUT2D eigenvalue weighted by atomic mass is 9.89. The van der Waals surface area contributed by atoms with Crippen LogP contribution in [0.2, 0.25) is 0 Å². The van der Waals surface area contributed by atoms with Crippen LogP contribution in [-0.4, -0.2) is 44.5 Å². The Balaban J connectivity index is 1.72. The molecular formula is C20H17BrFN3O3. The Labute approximate surface area is 168 Å². The van der Waals surface area contributed by atoms with Crippen molar-refractivity contribution >= 4 is 38.7 Å². The maximum absolute atomic E-state index is 13.5. The van der Waals surface area contributed by atoms with Crippen LogP contribution in [0.15, 0.2) is 47.3 Å². The zero-order valence-electron chi connectivity index (χ0n) is 14.8. The second kappa shape index (κ2) is 7.35. The molecule has 1 saturated heterocycles. The lowest BCUT2D eigenvalue weighted by Crippen LogP contribution is -2.39. The average molecular weight is 446 g/mol. The predicted molar refractivity (Wildman–Crippen MR) is 105 cm³/mol. The summed E-state index contributed by atoms with van der Waals surface area (Å²) in [6.45, 7) is 0.713. The average Bonchev–Trinajstić information content (AvgIpc) is 3.07. The van der Waals surface area contributed by atoms with Crippen molar-refractivity contribution in [1.29, 1.82) is 0 Å². The second-order valence-corrected chi connectivity index (χ2v) is 7.66. The van der Waals surface area contributed by atoms with Crippen LogP contribution in [-0.2, 0) is 0 Å². The molecule has 0 saturated carbocycles. The van der Waals surface area contributed by atoms with Gasteiger partial charge in [0.05, 0.1) is 17.4 Å². The largest absolute Gasteiger partial charge is 0.465 e. The molecule has 1 amide bonds. The van der Waals surface area contributed by atoms with Gasteiger partial charge in [-0.15, -0.1) is 0 Å². The highest BCUT2D eigenvalue weighted by Crippen LogP contribution is 2.32. The van der Waals surface area contributed by atoms with Crippen molar-refractivity contribution in [3.63, 3.8) is 0 Å². The van der Waals surface area contributed by atoms with Crippen LogP contribution in [0.4, 0.5) is 9.18 Å². The van der Waals surface area contributed by atoms with E-state index >= 15 is 0 Å². The summed E-state index contributed by atoms with van der Waals surface area (Å²) in [6, 6.07) is 6.18. The SMILES string of the molecule is O=C(c1cn(-c2ccc(F)cc2Br)c2cnccc12)C1CCN(C(=O)O)CC1. The number of pyridine rings is 1. The smallest absolute Gasteiger partial charge is 0.407 e. The number of nitrogens with zero attached hydrogens (tertiary/aromatic N) is 3. The number of likely N-dealkylation sites (tertiary alicyclic amines) is 1. The summed E-state index contributed by atoms with van der Waals surface area (Å²) in [4.78, 5) is 29.8. The Kier molecular flexibility index (Phi) is 4.89. The van der Waals surface area contributed by atoms with E-state index in [1.54, 1.807) is 30.7 Å². The van der Waals surface area contributed by atoms with Crippen molar-refractivity contribution in [2.75, 3.05) is 13.1 Å². The number of fused-ring (bicyclic) bond motifs is 1. The van der Waals surface area contributed by atoms with Gasteiger partial charge < -0.3 is 14.6 Å². The molecule has 8 heteroatoms. The minimum absolute atomic E-state index is 0.00165. The number of hydrogen-bond donors (Lipinski definition) is 1. The highest BCUT2D eigenvalue weighted by Gasteiger charge is 2.29. The van der Waals surface area contributed by atoms with Gasteiger partial charge in [-0.05, 0) is 53.0 Å². The highest BCUT2D eigenvalue weighted by atomic mass is 79.9. The third-order valence-electron chi connectivity index (χ3n) is 5.18. The molecule has 1 N–H and O–H groups in total. The van der Waals surface area contributed by atoms with E-state index < -0.39 is 6.09 Å². The number of carbonyl (C=O) groups is 2. The summed E-state index contributed by atoms with van der Waals surface area (Å²) in [6.07, 6.45) is 5.13. The van der Waals surface area contributed by atoms with Crippen LogP contribution in [0.3, 0.4) is 0 Å². The third-order valence-corrected chi connectivity index (χ3v) is 5.81. The molecule has 3 aromatic rings. The van der Waals surface area contributed by atoms with Crippen LogP contribution < -0.4 is 0 Å². The zero-order chi connectivity index (χ0) is 19.8. The Morgan fingerprint density at radius 1 is 1.21 bits per heavy atom. The van der Waals surface area contributed by atoms with Gasteiger partial charge in [0.25, 0.3) is 0 Å². The third kappa shape index (κ3) is 3.28. The van der Waals surface area contributed by atoms with Gasteiger partial charge in [-0.3, -0.25) is 9.78 Å². The number of halogens is 2. The molecule has 1 aromatic carbocycles. The second-order valence-electron chi connectivity index (χ2n) is 6.81. The van der Waals surface area contributed by atoms with Gasteiger partial charge in [-0.25, -0.2) is 9.18 Å². The normalized spacial score (nSPS) is 15.1. The number of benzene rings is 1. The van der Waals surface area contributed by atoms with Crippen molar-refractivity contribution < 1.29 is 19.1 Å². The fourth-order valence-corrected chi connectivity index (χ4v) is 4.24. The van der Waals surface area contributed by atoms with E-state index in [2.05, 4.69) is 20.9 Å². The summed E-state index contributed by atoms with van der Waals surface area (Å²) >= 11 is 3.39. The molecule has 6 nitrogen and oxygen atoms in total. The quantitative estimate of drug-likeness (QED) is 0.602. The number of hydrogen-bond acceptors (Lipinski definition) is 3. The van der Waals surface area contributed by atoms with Gasteiger partial charge in [0, 0.05) is 46.8 Å². The van der Waals surface area contributed by atoms with Crippen molar-refractivity contribution in [3.05, 3.63) is 58.7 Å². The minimum Gasteiger partial charge on any atom is -0.465 e. The van der Waals surface area contributed by atoms with Crippen molar-refractivity contribution in [2.45, 2.75) is 12.8 Å². The summed E-state index contributed by atoms with van der Waals surface area (Å²) in [5, 5.41) is 9.87. The van der Waals surface area contributed by atoms with Gasteiger partial charge in [-0.1, -0.05) is 0 Å². The molecule has 28 heavy (non-hydrogen) atoms. The Hall–Kier alpha value is -2.74. The molecule has 1 aliphatic heterocycles. The van der Waals surface area contributed by atoms with Gasteiger partial charge in [0.1, 0.15) is 5.82 Å².